The van der Waals surface area contributed by atoms with Crippen LogP contribution in [-0.4, -0.2) is 17.0 Å². The molecule has 0 aliphatic heterocycles. The Bertz CT molecular complexity index is 101. The number of rotatable bonds is 0. The highest BCUT2D eigenvalue weighted by Gasteiger charge is 2.10. The Hall–Kier alpha value is -0.770. The molecule has 0 radical (unpaired) electrons. The van der Waals surface area contributed by atoms with E-state index in [9.17, 15) is 9.59 Å². The van der Waals surface area contributed by atoms with Gasteiger partial charge in [0.15, 0.2) is 0 Å². The first-order valence-electron chi connectivity index (χ1n) is 2.24. The quantitative estimate of drug-likeness (QED) is 0.524. The third kappa shape index (κ3) is 7.23. The maximum atomic E-state index is 9.56. The first-order valence-corrected chi connectivity index (χ1v) is 2.55. The summed E-state index contributed by atoms with van der Waals surface area (Å²) in [5.74, 6) is -3.17. The van der Waals surface area contributed by atoms with E-state index in [0.29, 0.717) is 0 Å². The van der Waals surface area contributed by atoms with Gasteiger partial charge in [0.05, 0.1) is 0 Å². The highest BCUT2D eigenvalue weighted by molar-refractivity contribution is 6.34. The van der Waals surface area contributed by atoms with Crippen LogP contribution in [0.4, 0.5) is 0 Å². The van der Waals surface area contributed by atoms with Crippen LogP contribution in [0.15, 0.2) is 0 Å². The number of carboxylic acids is 1. The van der Waals surface area contributed by atoms with Gasteiger partial charge in [0, 0.05) is 0 Å². The number of aliphatic carboxylic acids is 1. The number of hydrogen-bond acceptors (Lipinski definition) is 3. The lowest BCUT2D eigenvalue weighted by atomic mass is 10.7. The van der Waals surface area contributed by atoms with Crippen LogP contribution in [-0.2, 0) is 13.9 Å². The molecule has 0 aromatic heterocycles. The highest BCUT2D eigenvalue weighted by Crippen LogP contribution is 1.79. The van der Waals surface area contributed by atoms with Gasteiger partial charge in [0.1, 0.15) is 11.9 Å². The highest BCUT2D eigenvalue weighted by atomic mass is 35.5. The summed E-state index contributed by atoms with van der Waals surface area (Å²) in [6.45, 7) is 4.00. The molecule has 0 rings (SSSR count). The fourth-order valence-corrected chi connectivity index (χ4v) is 0.0990. The van der Waals surface area contributed by atoms with E-state index < -0.39 is 11.9 Å². The normalized spacial score (nSPS) is 6.56. The Balaban J connectivity index is 0. The van der Waals surface area contributed by atoms with Crippen molar-refractivity contribution in [2.24, 2.45) is 0 Å². The van der Waals surface area contributed by atoms with E-state index in [0.717, 1.165) is 0 Å². The van der Waals surface area contributed by atoms with E-state index >= 15 is 0 Å². The molecule has 9 heavy (non-hydrogen) atoms. The maximum Gasteiger partial charge on any atom is 0.435 e. The molecule has 0 unspecified atom stereocenters. The van der Waals surface area contributed by atoms with Crippen molar-refractivity contribution in [2.75, 3.05) is 0 Å². The van der Waals surface area contributed by atoms with Crippen molar-refractivity contribution in [1.82, 2.24) is 0 Å². The number of carbonyl (C=O) groups is 2. The zero-order valence-electron chi connectivity index (χ0n) is 5.05. The predicted octanol–water partition coefficient (Wildman–Crippen LogP) is 0.794. The molecule has 1 N–H and O–H groups in total. The van der Waals surface area contributed by atoms with Crippen LogP contribution in [0.5, 0.6) is 0 Å². The molecule has 0 spiro atoms. The third-order valence-corrected chi connectivity index (χ3v) is 0.385. The molecule has 0 aliphatic carbocycles. The second kappa shape index (κ2) is 7.23. The molecule has 0 amide bonds. The van der Waals surface area contributed by atoms with Crippen LogP contribution in [0.2, 0.25) is 0 Å². The smallest absolute Gasteiger partial charge is 0.435 e. The molecule has 4 nitrogen and oxygen atoms in total. The monoisotopic (exact) mass is 154 g/mol. The molecule has 0 aromatic carbocycles. The molecule has 0 aromatic rings. The van der Waals surface area contributed by atoms with Crippen molar-refractivity contribution < 1.29 is 19.0 Å². The second-order valence-electron chi connectivity index (χ2n) is 0.670. The van der Waals surface area contributed by atoms with E-state index in [1.165, 1.54) is 0 Å². The van der Waals surface area contributed by atoms with E-state index in [1.807, 2.05) is 13.8 Å². The molecule has 0 aliphatic rings. The summed E-state index contributed by atoms with van der Waals surface area (Å²) in [6, 6.07) is 0. The van der Waals surface area contributed by atoms with E-state index in [2.05, 4.69) is 16.2 Å². The van der Waals surface area contributed by atoms with Crippen LogP contribution in [0.25, 0.3) is 0 Å². The standard InChI is InChI=1S/C2HClO4.C2H6/c3-7-2(6)1(4)5;1-2/h(H,4,5);1-2H3. The topological polar surface area (TPSA) is 63.6 Å². The summed E-state index contributed by atoms with van der Waals surface area (Å²) in [6.07, 6.45) is 0. The molecule has 0 saturated heterocycles. The summed E-state index contributed by atoms with van der Waals surface area (Å²) in [7, 11) is 0. The molecule has 5 heteroatoms. The maximum absolute atomic E-state index is 9.56. The van der Waals surface area contributed by atoms with Gasteiger partial charge < -0.3 is 9.40 Å². The van der Waals surface area contributed by atoms with E-state index in [1.54, 1.807) is 0 Å². The van der Waals surface area contributed by atoms with Gasteiger partial charge in [-0.1, -0.05) is 13.8 Å². The molecule has 0 saturated carbocycles. The number of carbonyl (C=O) groups excluding carboxylic acids is 1. The average Bonchev–Trinajstić information content (AvgIpc) is 1.91. The van der Waals surface area contributed by atoms with Gasteiger partial charge >= 0.3 is 11.9 Å². The summed E-state index contributed by atoms with van der Waals surface area (Å²) in [4.78, 5) is 18.9. The molecular weight excluding hydrogens is 147 g/mol. The van der Waals surface area contributed by atoms with Crippen molar-refractivity contribution in [3.63, 3.8) is 0 Å². The average molecular weight is 155 g/mol. The molecule has 0 atom stereocenters. The van der Waals surface area contributed by atoms with Crippen LogP contribution < -0.4 is 0 Å². The lowest BCUT2D eigenvalue weighted by Gasteiger charge is -1.80. The Morgan fingerprint density at radius 3 is 1.78 bits per heavy atom. The summed E-state index contributed by atoms with van der Waals surface area (Å²) in [5.41, 5.74) is 0. The number of halogens is 1. The fourth-order valence-electron chi connectivity index (χ4n) is 0.0330. The van der Waals surface area contributed by atoms with Crippen molar-refractivity contribution in [3.8, 4) is 0 Å². The van der Waals surface area contributed by atoms with Crippen LogP contribution in [0.3, 0.4) is 0 Å². The lowest BCUT2D eigenvalue weighted by Crippen LogP contribution is -2.11. The van der Waals surface area contributed by atoms with Crippen molar-refractivity contribution in [1.29, 1.82) is 0 Å². The first-order chi connectivity index (χ1) is 4.18. The van der Waals surface area contributed by atoms with E-state index in [-0.39, 0.29) is 0 Å². The van der Waals surface area contributed by atoms with Crippen molar-refractivity contribution in [3.05, 3.63) is 0 Å². The van der Waals surface area contributed by atoms with Gasteiger partial charge in [-0.15, -0.1) is 0 Å². The minimum atomic E-state index is -1.70. The molecule has 0 bridgehead atoms. The predicted molar refractivity (Wildman–Crippen MR) is 30.9 cm³/mol. The second-order valence-corrected chi connectivity index (χ2v) is 0.824. The van der Waals surface area contributed by atoms with Crippen molar-refractivity contribution in [2.45, 2.75) is 13.8 Å². The van der Waals surface area contributed by atoms with Crippen LogP contribution >= 0.6 is 11.9 Å². The molecular formula is C4H7ClO4. The fraction of sp³-hybridized carbons (Fsp3) is 0.500. The first kappa shape index (κ1) is 11.1. The van der Waals surface area contributed by atoms with Gasteiger partial charge in [0.2, 0.25) is 0 Å². The number of hydrogen-bond donors (Lipinski definition) is 1. The Morgan fingerprint density at radius 1 is 1.44 bits per heavy atom. The zero-order chi connectivity index (χ0) is 7.86. The van der Waals surface area contributed by atoms with Crippen LogP contribution in [0, 0.1) is 0 Å². The summed E-state index contributed by atoms with van der Waals surface area (Å²) in [5, 5.41) is 7.62. The van der Waals surface area contributed by atoms with Crippen LogP contribution in [0.1, 0.15) is 13.8 Å². The Labute approximate surface area is 57.5 Å². The minimum Gasteiger partial charge on any atom is -0.473 e. The van der Waals surface area contributed by atoms with Gasteiger partial charge in [0.25, 0.3) is 0 Å². The lowest BCUT2D eigenvalue weighted by molar-refractivity contribution is -0.157. The Morgan fingerprint density at radius 2 is 1.78 bits per heavy atom. The zero-order valence-corrected chi connectivity index (χ0v) is 5.81. The minimum absolute atomic E-state index is 1.47. The third-order valence-electron chi connectivity index (χ3n) is 0.245. The largest absolute Gasteiger partial charge is 0.473 e. The number of carboxylic acid groups (broad SMARTS) is 1. The SMILES string of the molecule is CC.O=C(O)C(=O)OCl. The van der Waals surface area contributed by atoms with Crippen molar-refractivity contribution >= 4 is 23.8 Å². The summed E-state index contributed by atoms with van der Waals surface area (Å²) < 4.78 is 3.25. The van der Waals surface area contributed by atoms with Gasteiger partial charge in [-0.05, 0) is 0 Å². The van der Waals surface area contributed by atoms with Gasteiger partial charge in [-0.2, -0.15) is 0 Å². The Kier molecular flexibility index (Phi) is 8.90. The van der Waals surface area contributed by atoms with E-state index in [4.69, 9.17) is 5.11 Å². The summed E-state index contributed by atoms with van der Waals surface area (Å²) >= 11 is 4.32. The van der Waals surface area contributed by atoms with Gasteiger partial charge in [-0.25, -0.2) is 9.59 Å². The van der Waals surface area contributed by atoms with Gasteiger partial charge in [-0.3, -0.25) is 0 Å². The molecule has 0 fully saturated rings. The molecule has 54 valence electrons. The molecule has 0 heterocycles.